The monoisotopic (exact) mass is 247 g/mol. The topological polar surface area (TPSA) is 54.2 Å². The van der Waals surface area contributed by atoms with Crippen molar-refractivity contribution in [3.05, 3.63) is 18.6 Å². The van der Waals surface area contributed by atoms with Crippen molar-refractivity contribution < 1.29 is 0 Å². The minimum absolute atomic E-state index is 0.440. The number of imidazole rings is 1. The zero-order chi connectivity index (χ0) is 13.0. The number of nitrogens with zero attached hydrogens (tertiary/aromatic N) is 3. The Morgan fingerprint density at radius 3 is 2.72 bits per heavy atom. The largest absolute Gasteiger partial charge is 0.369 e. The van der Waals surface area contributed by atoms with Gasteiger partial charge in [-0.2, -0.15) is 0 Å². The van der Waals surface area contributed by atoms with Gasteiger partial charge in [-0.1, -0.05) is 13.8 Å². The van der Waals surface area contributed by atoms with Gasteiger partial charge in [0.15, 0.2) is 11.5 Å². The average molecular weight is 247 g/mol. The van der Waals surface area contributed by atoms with Gasteiger partial charge in [0.25, 0.3) is 0 Å². The number of nitrogens with one attached hydrogen (secondary N) is 2. The van der Waals surface area contributed by atoms with Crippen LogP contribution in [0.3, 0.4) is 0 Å². The van der Waals surface area contributed by atoms with E-state index < -0.39 is 0 Å². The molecule has 0 saturated carbocycles. The Bertz CT molecular complexity index is 501. The Morgan fingerprint density at radius 1 is 1.28 bits per heavy atom. The molecule has 5 heteroatoms. The molecule has 0 atom stereocenters. The third-order valence-electron chi connectivity index (χ3n) is 3.06. The number of aromatic nitrogens is 3. The van der Waals surface area contributed by atoms with Crippen molar-refractivity contribution in [1.82, 2.24) is 14.4 Å². The Hall–Kier alpha value is -1.78. The lowest BCUT2D eigenvalue weighted by Gasteiger charge is -2.16. The predicted octanol–water partition coefficient (Wildman–Crippen LogP) is 2.76. The van der Waals surface area contributed by atoms with Crippen molar-refractivity contribution in [3.63, 3.8) is 0 Å². The van der Waals surface area contributed by atoms with Gasteiger partial charge in [-0.05, 0) is 19.8 Å². The van der Waals surface area contributed by atoms with Crippen LogP contribution in [0.15, 0.2) is 18.6 Å². The first-order valence-corrected chi connectivity index (χ1v) is 6.62. The Kier molecular flexibility index (Phi) is 4.02. The Morgan fingerprint density at radius 2 is 2.06 bits per heavy atom. The highest BCUT2D eigenvalue weighted by Gasteiger charge is 2.10. The second-order valence-electron chi connectivity index (χ2n) is 4.32. The van der Waals surface area contributed by atoms with Gasteiger partial charge in [0, 0.05) is 25.0 Å². The maximum Gasteiger partial charge on any atom is 0.180 e. The maximum atomic E-state index is 4.59. The van der Waals surface area contributed by atoms with Crippen LogP contribution < -0.4 is 10.6 Å². The van der Waals surface area contributed by atoms with Gasteiger partial charge >= 0.3 is 0 Å². The highest BCUT2D eigenvalue weighted by Crippen LogP contribution is 2.18. The summed E-state index contributed by atoms with van der Waals surface area (Å²) in [6.07, 6.45) is 7.86. The zero-order valence-electron chi connectivity index (χ0n) is 11.3. The Labute approximate surface area is 108 Å². The molecule has 2 aromatic heterocycles. The van der Waals surface area contributed by atoms with E-state index in [1.807, 2.05) is 16.8 Å². The van der Waals surface area contributed by atoms with Crippen LogP contribution in [0.25, 0.3) is 5.65 Å². The van der Waals surface area contributed by atoms with E-state index in [2.05, 4.69) is 41.4 Å². The van der Waals surface area contributed by atoms with E-state index in [0.717, 1.165) is 36.7 Å². The molecule has 0 radical (unpaired) electrons. The molecule has 2 rings (SSSR count). The first-order chi connectivity index (χ1) is 8.78. The molecule has 18 heavy (non-hydrogen) atoms. The summed E-state index contributed by atoms with van der Waals surface area (Å²) >= 11 is 0. The summed E-state index contributed by atoms with van der Waals surface area (Å²) in [7, 11) is 0. The molecule has 0 aliphatic rings. The first kappa shape index (κ1) is 12.7. The first-order valence-electron chi connectivity index (χ1n) is 6.62. The van der Waals surface area contributed by atoms with E-state index in [4.69, 9.17) is 0 Å². The van der Waals surface area contributed by atoms with Crippen LogP contribution in [0.4, 0.5) is 11.6 Å². The normalized spacial score (nSPS) is 11.1. The molecular formula is C13H21N5. The van der Waals surface area contributed by atoms with E-state index >= 15 is 0 Å². The molecule has 2 N–H and O–H groups in total. The minimum atomic E-state index is 0.440. The molecule has 2 heterocycles. The highest BCUT2D eigenvalue weighted by molar-refractivity contribution is 5.65. The molecule has 0 amide bonds. The van der Waals surface area contributed by atoms with E-state index in [1.165, 1.54) is 0 Å². The summed E-state index contributed by atoms with van der Waals surface area (Å²) in [5, 5.41) is 6.71. The molecule has 0 spiro atoms. The average Bonchev–Trinajstić information content (AvgIpc) is 2.84. The fourth-order valence-electron chi connectivity index (χ4n) is 1.98. The van der Waals surface area contributed by atoms with Crippen molar-refractivity contribution in [3.8, 4) is 0 Å². The van der Waals surface area contributed by atoms with Gasteiger partial charge in [-0.15, -0.1) is 0 Å². The van der Waals surface area contributed by atoms with Gasteiger partial charge in [-0.3, -0.25) is 0 Å². The summed E-state index contributed by atoms with van der Waals surface area (Å²) in [4.78, 5) is 8.94. The molecule has 0 fully saturated rings. The van der Waals surface area contributed by atoms with Crippen molar-refractivity contribution in [2.24, 2.45) is 0 Å². The summed E-state index contributed by atoms with van der Waals surface area (Å²) < 4.78 is 2.00. The predicted molar refractivity (Wildman–Crippen MR) is 75.1 cm³/mol. The van der Waals surface area contributed by atoms with E-state index in [-0.39, 0.29) is 0 Å². The number of hydrogen-bond donors (Lipinski definition) is 2. The van der Waals surface area contributed by atoms with Gasteiger partial charge in [0.1, 0.15) is 5.82 Å². The molecule has 0 bridgehead atoms. The summed E-state index contributed by atoms with van der Waals surface area (Å²) in [6, 6.07) is 0.440. The highest BCUT2D eigenvalue weighted by atomic mass is 15.1. The van der Waals surface area contributed by atoms with Crippen molar-refractivity contribution in [2.75, 3.05) is 17.2 Å². The zero-order valence-corrected chi connectivity index (χ0v) is 11.3. The molecular weight excluding hydrogens is 226 g/mol. The molecule has 0 unspecified atom stereocenters. The molecule has 2 aromatic rings. The van der Waals surface area contributed by atoms with Crippen molar-refractivity contribution in [1.29, 1.82) is 0 Å². The second kappa shape index (κ2) is 5.71. The van der Waals surface area contributed by atoms with Crippen molar-refractivity contribution in [2.45, 2.75) is 39.7 Å². The van der Waals surface area contributed by atoms with Crippen LogP contribution in [0.2, 0.25) is 0 Å². The van der Waals surface area contributed by atoms with Crippen LogP contribution in [-0.2, 0) is 0 Å². The van der Waals surface area contributed by atoms with Crippen LogP contribution in [0.1, 0.15) is 33.6 Å². The smallest absolute Gasteiger partial charge is 0.180 e. The molecule has 5 nitrogen and oxygen atoms in total. The summed E-state index contributed by atoms with van der Waals surface area (Å²) in [5.41, 5.74) is 0.878. The van der Waals surface area contributed by atoms with Crippen LogP contribution in [0.5, 0.6) is 0 Å². The third kappa shape index (κ3) is 2.55. The maximum absolute atomic E-state index is 4.59. The Balaban J connectivity index is 2.36. The van der Waals surface area contributed by atoms with Crippen LogP contribution in [0, 0.1) is 0 Å². The van der Waals surface area contributed by atoms with Gasteiger partial charge in [-0.25, -0.2) is 9.97 Å². The number of fused-ring (bicyclic) bond motifs is 1. The second-order valence-corrected chi connectivity index (χ2v) is 4.32. The molecule has 0 saturated heterocycles. The van der Waals surface area contributed by atoms with Gasteiger partial charge in [0.2, 0.25) is 0 Å². The fourth-order valence-corrected chi connectivity index (χ4v) is 1.98. The molecule has 0 aromatic carbocycles. The number of rotatable bonds is 6. The van der Waals surface area contributed by atoms with Crippen LogP contribution >= 0.6 is 0 Å². The molecule has 98 valence electrons. The third-order valence-corrected chi connectivity index (χ3v) is 3.06. The lowest BCUT2D eigenvalue weighted by molar-refractivity contribution is 0.669. The van der Waals surface area contributed by atoms with Crippen LogP contribution in [-0.4, -0.2) is 27.0 Å². The lowest BCUT2D eigenvalue weighted by atomic mass is 10.2. The number of hydrogen-bond acceptors (Lipinski definition) is 4. The molecule has 0 aliphatic carbocycles. The van der Waals surface area contributed by atoms with E-state index in [0.29, 0.717) is 6.04 Å². The number of anilines is 2. The standard InChI is InChI=1S/C13H21N5/c1-4-10(5-2)16-12-13-15-7-8-18(13)9-11(17-12)14-6-3/h7-10,14H,4-6H2,1-3H3,(H,16,17). The van der Waals surface area contributed by atoms with E-state index in [1.54, 1.807) is 6.20 Å². The summed E-state index contributed by atoms with van der Waals surface area (Å²) in [6.45, 7) is 7.28. The van der Waals surface area contributed by atoms with E-state index in [9.17, 15) is 0 Å². The fraction of sp³-hybridized carbons (Fsp3) is 0.538. The molecule has 0 aliphatic heterocycles. The summed E-state index contributed by atoms with van der Waals surface area (Å²) in [5.74, 6) is 1.73. The lowest BCUT2D eigenvalue weighted by Crippen LogP contribution is -2.19. The van der Waals surface area contributed by atoms with Gasteiger partial charge < -0.3 is 15.0 Å². The SMILES string of the molecule is CCNc1cn2ccnc2c(NC(CC)CC)n1. The van der Waals surface area contributed by atoms with Gasteiger partial charge in [0.05, 0.1) is 6.20 Å². The minimum Gasteiger partial charge on any atom is -0.369 e. The quantitative estimate of drug-likeness (QED) is 0.824. The van der Waals surface area contributed by atoms with Crippen molar-refractivity contribution >= 4 is 17.3 Å².